The summed E-state index contributed by atoms with van der Waals surface area (Å²) in [5.74, 6) is 4.01. The van der Waals surface area contributed by atoms with Crippen LogP contribution in [0, 0.1) is 35.5 Å². The third kappa shape index (κ3) is 3.73. The number of hydrogen-bond acceptors (Lipinski definition) is 1. The highest BCUT2D eigenvalue weighted by Crippen LogP contribution is 2.40. The zero-order valence-electron chi connectivity index (χ0n) is 15.4. The minimum Gasteiger partial charge on any atom is -0.300 e. The normalized spacial score (nSPS) is 39.2. The minimum absolute atomic E-state index is 0.497. The Balaban J connectivity index is 1.98. The molecule has 6 unspecified atom stereocenters. The maximum atomic E-state index is 12.7. The smallest absolute Gasteiger partial charge is 0.133 e. The van der Waals surface area contributed by atoms with Crippen molar-refractivity contribution in [3.05, 3.63) is 23.3 Å². The van der Waals surface area contributed by atoms with E-state index in [-0.39, 0.29) is 0 Å². The molecule has 2 aliphatic rings. The van der Waals surface area contributed by atoms with Gasteiger partial charge < -0.3 is 0 Å². The number of allylic oxidation sites excluding steroid dienone is 4. The monoisotopic (exact) mass is 302 g/mol. The van der Waals surface area contributed by atoms with Gasteiger partial charge in [-0.05, 0) is 62.2 Å². The van der Waals surface area contributed by atoms with Gasteiger partial charge in [0, 0.05) is 12.8 Å². The minimum atomic E-state index is 0.497. The van der Waals surface area contributed by atoms with E-state index in [9.17, 15) is 4.79 Å². The van der Waals surface area contributed by atoms with Crippen molar-refractivity contribution in [2.75, 3.05) is 0 Å². The van der Waals surface area contributed by atoms with Gasteiger partial charge >= 0.3 is 0 Å². The van der Waals surface area contributed by atoms with Gasteiger partial charge in [-0.1, -0.05) is 51.0 Å². The van der Waals surface area contributed by atoms with Crippen LogP contribution in [0.25, 0.3) is 0 Å². The Bertz CT molecular complexity index is 428. The molecule has 0 radical (unpaired) electrons. The molecule has 2 aliphatic carbocycles. The summed E-state index contributed by atoms with van der Waals surface area (Å²) in [6.07, 6.45) is 8.60. The molecule has 1 nitrogen and oxygen atoms in total. The lowest BCUT2D eigenvalue weighted by Crippen LogP contribution is -2.30. The molecule has 0 spiro atoms. The molecule has 0 fully saturated rings. The summed E-state index contributed by atoms with van der Waals surface area (Å²) in [6, 6.07) is 0. The maximum absolute atomic E-state index is 12.7. The van der Waals surface area contributed by atoms with Gasteiger partial charge in [0.25, 0.3) is 0 Å². The van der Waals surface area contributed by atoms with Crippen molar-refractivity contribution in [1.29, 1.82) is 0 Å². The SMILES string of the molecule is CC1=CCC(C)C(CC(=O)CC2C(C)CC=C(C)C2C)C1C. The van der Waals surface area contributed by atoms with Crippen LogP contribution in [0.2, 0.25) is 0 Å². The van der Waals surface area contributed by atoms with Gasteiger partial charge in [-0.2, -0.15) is 0 Å². The summed E-state index contributed by atoms with van der Waals surface area (Å²) in [5, 5.41) is 0. The lowest BCUT2D eigenvalue weighted by molar-refractivity contribution is -0.122. The first-order valence-electron chi connectivity index (χ1n) is 9.16. The van der Waals surface area contributed by atoms with Gasteiger partial charge in [-0.3, -0.25) is 4.79 Å². The fourth-order valence-electron chi connectivity index (χ4n) is 4.49. The molecular weight excluding hydrogens is 268 g/mol. The molecule has 0 saturated heterocycles. The van der Waals surface area contributed by atoms with E-state index < -0.39 is 0 Å². The van der Waals surface area contributed by atoms with E-state index in [1.807, 2.05) is 0 Å². The average Bonchev–Trinajstić information content (AvgIpc) is 2.48. The van der Waals surface area contributed by atoms with Gasteiger partial charge in [0.15, 0.2) is 0 Å². The Hall–Kier alpha value is -0.850. The van der Waals surface area contributed by atoms with Crippen molar-refractivity contribution in [3.8, 4) is 0 Å². The molecule has 22 heavy (non-hydrogen) atoms. The van der Waals surface area contributed by atoms with Crippen molar-refractivity contribution in [2.45, 2.75) is 67.2 Å². The van der Waals surface area contributed by atoms with Crippen LogP contribution in [0.1, 0.15) is 67.2 Å². The molecule has 2 rings (SSSR count). The standard InChI is InChI=1S/C21H34O/c1-13-7-9-15(3)20(17(13)5)11-19(22)12-21-16(4)10-8-14(2)18(21)6/h7-8,15-18,20-21H,9-12H2,1-6H3. The fourth-order valence-corrected chi connectivity index (χ4v) is 4.49. The van der Waals surface area contributed by atoms with Crippen LogP contribution in [0.4, 0.5) is 0 Å². The quantitative estimate of drug-likeness (QED) is 0.599. The lowest BCUT2D eigenvalue weighted by Gasteiger charge is -2.36. The Morgan fingerprint density at radius 1 is 0.864 bits per heavy atom. The molecule has 124 valence electrons. The van der Waals surface area contributed by atoms with Crippen LogP contribution in [-0.4, -0.2) is 5.78 Å². The van der Waals surface area contributed by atoms with Crippen LogP contribution in [0.3, 0.4) is 0 Å². The van der Waals surface area contributed by atoms with E-state index in [2.05, 4.69) is 53.7 Å². The first-order valence-corrected chi connectivity index (χ1v) is 9.16. The van der Waals surface area contributed by atoms with Crippen LogP contribution in [0.15, 0.2) is 23.3 Å². The number of rotatable bonds is 4. The van der Waals surface area contributed by atoms with Crippen LogP contribution >= 0.6 is 0 Å². The Morgan fingerprint density at radius 2 is 1.23 bits per heavy atom. The third-order valence-corrected chi connectivity index (χ3v) is 6.73. The summed E-state index contributed by atoms with van der Waals surface area (Å²) in [7, 11) is 0. The van der Waals surface area contributed by atoms with E-state index in [4.69, 9.17) is 0 Å². The molecule has 0 amide bonds. The van der Waals surface area contributed by atoms with Crippen molar-refractivity contribution in [1.82, 2.24) is 0 Å². The Labute approximate surface area is 137 Å². The van der Waals surface area contributed by atoms with Gasteiger partial charge in [0.1, 0.15) is 5.78 Å². The van der Waals surface area contributed by atoms with E-state index >= 15 is 0 Å². The van der Waals surface area contributed by atoms with Gasteiger partial charge in [-0.25, -0.2) is 0 Å². The highest BCUT2D eigenvalue weighted by atomic mass is 16.1. The zero-order chi connectivity index (χ0) is 16.4. The first kappa shape index (κ1) is 17.5. The van der Waals surface area contributed by atoms with Crippen molar-refractivity contribution in [3.63, 3.8) is 0 Å². The first-order chi connectivity index (χ1) is 10.3. The van der Waals surface area contributed by atoms with E-state index in [1.165, 1.54) is 11.1 Å². The van der Waals surface area contributed by atoms with Gasteiger partial charge in [-0.15, -0.1) is 0 Å². The summed E-state index contributed by atoms with van der Waals surface area (Å²) >= 11 is 0. The summed E-state index contributed by atoms with van der Waals surface area (Å²) in [6.45, 7) is 13.7. The summed E-state index contributed by atoms with van der Waals surface area (Å²) < 4.78 is 0. The van der Waals surface area contributed by atoms with E-state index in [1.54, 1.807) is 0 Å². The van der Waals surface area contributed by atoms with E-state index in [0.29, 0.717) is 41.3 Å². The molecule has 6 atom stereocenters. The average molecular weight is 303 g/mol. The molecule has 0 N–H and O–H groups in total. The topological polar surface area (TPSA) is 17.1 Å². The molecule has 0 aromatic carbocycles. The molecule has 1 heteroatoms. The highest BCUT2D eigenvalue weighted by Gasteiger charge is 2.33. The zero-order valence-corrected chi connectivity index (χ0v) is 15.4. The van der Waals surface area contributed by atoms with E-state index in [0.717, 1.165) is 25.7 Å². The summed E-state index contributed by atoms with van der Waals surface area (Å²) in [4.78, 5) is 12.7. The van der Waals surface area contributed by atoms with Crippen LogP contribution in [-0.2, 0) is 4.79 Å². The van der Waals surface area contributed by atoms with Gasteiger partial charge in [0.2, 0.25) is 0 Å². The molecule has 0 bridgehead atoms. The summed E-state index contributed by atoms with van der Waals surface area (Å²) in [5.41, 5.74) is 2.96. The largest absolute Gasteiger partial charge is 0.300 e. The molecule has 0 saturated carbocycles. The number of ketones is 1. The molecule has 0 aliphatic heterocycles. The number of hydrogen-bond donors (Lipinski definition) is 0. The van der Waals surface area contributed by atoms with Crippen molar-refractivity contribution in [2.24, 2.45) is 35.5 Å². The second-order valence-electron chi connectivity index (χ2n) is 8.17. The van der Waals surface area contributed by atoms with Gasteiger partial charge in [0.05, 0.1) is 0 Å². The lowest BCUT2D eigenvalue weighted by atomic mass is 9.68. The van der Waals surface area contributed by atoms with Crippen molar-refractivity contribution < 1.29 is 4.79 Å². The Kier molecular flexibility index (Phi) is 5.69. The Morgan fingerprint density at radius 3 is 1.59 bits per heavy atom. The van der Waals surface area contributed by atoms with Crippen LogP contribution < -0.4 is 0 Å². The highest BCUT2D eigenvalue weighted by molar-refractivity contribution is 5.79. The maximum Gasteiger partial charge on any atom is 0.133 e. The fraction of sp³-hybridized carbons (Fsp3) is 0.762. The number of carbonyl (C=O) groups is 1. The predicted molar refractivity (Wildman–Crippen MR) is 94.6 cm³/mol. The number of carbonyl (C=O) groups excluding carboxylic acids is 1. The molecule has 0 heterocycles. The molecule has 0 aromatic heterocycles. The molecule has 0 aromatic rings. The third-order valence-electron chi connectivity index (χ3n) is 6.73. The number of Topliss-reactive ketones (excluding diaryl/α,β-unsaturated/α-hetero) is 1. The molecular formula is C21H34O. The van der Waals surface area contributed by atoms with Crippen LogP contribution in [0.5, 0.6) is 0 Å². The predicted octanol–water partition coefficient (Wildman–Crippen LogP) is 5.81. The van der Waals surface area contributed by atoms with Crippen molar-refractivity contribution >= 4 is 5.78 Å². The second-order valence-corrected chi connectivity index (χ2v) is 8.17. The second kappa shape index (κ2) is 7.15.